The van der Waals surface area contributed by atoms with Crippen LogP contribution in [0.2, 0.25) is 0 Å². The Kier molecular flexibility index (Phi) is 7.45. The van der Waals surface area contributed by atoms with Gasteiger partial charge in [-0.05, 0) is 70.6 Å². The predicted octanol–water partition coefficient (Wildman–Crippen LogP) is 6.11. The van der Waals surface area contributed by atoms with Crippen LogP contribution in [0.15, 0.2) is 41.3 Å². The number of nitrogens with zero attached hydrogens (tertiary/aromatic N) is 4. The van der Waals surface area contributed by atoms with E-state index in [2.05, 4.69) is 72.6 Å². The van der Waals surface area contributed by atoms with Crippen molar-refractivity contribution in [3.05, 3.63) is 41.3 Å². The topological polar surface area (TPSA) is 58.3 Å². The van der Waals surface area contributed by atoms with E-state index in [9.17, 15) is 0 Å². The third-order valence-corrected chi connectivity index (χ3v) is 7.66. The predicted molar refractivity (Wildman–Crippen MR) is 133 cm³/mol. The van der Waals surface area contributed by atoms with E-state index in [1.54, 1.807) is 5.57 Å². The van der Waals surface area contributed by atoms with Gasteiger partial charge in [0.2, 0.25) is 0 Å². The fourth-order valence-electron chi connectivity index (χ4n) is 4.92. The molecule has 0 saturated carbocycles. The maximum atomic E-state index is 6.10. The van der Waals surface area contributed by atoms with Crippen molar-refractivity contribution < 1.29 is 0 Å². The number of nitrogen functional groups attached to an aromatic ring is 1. The minimum Gasteiger partial charge on any atom is -0.382 e. The highest BCUT2D eigenvalue weighted by molar-refractivity contribution is 5.81. The lowest BCUT2D eigenvalue weighted by atomic mass is 9.65. The van der Waals surface area contributed by atoms with Gasteiger partial charge >= 0.3 is 0 Å². The van der Waals surface area contributed by atoms with Crippen LogP contribution < -0.4 is 15.5 Å². The lowest BCUT2D eigenvalue weighted by Crippen LogP contribution is -2.29. The summed E-state index contributed by atoms with van der Waals surface area (Å²) in [6.07, 6.45) is 16.0. The zero-order valence-corrected chi connectivity index (χ0v) is 20.4. The van der Waals surface area contributed by atoms with Gasteiger partial charge in [0.25, 0.3) is 0 Å². The van der Waals surface area contributed by atoms with Crippen LogP contribution in [0.25, 0.3) is 0 Å². The molecule has 0 radical (unpaired) electrons. The molecule has 2 N–H and O–H groups in total. The quantitative estimate of drug-likeness (QED) is 0.511. The Labute approximate surface area is 189 Å². The van der Waals surface area contributed by atoms with Crippen molar-refractivity contribution in [3.8, 4) is 0 Å². The first kappa shape index (κ1) is 23.4. The maximum Gasteiger partial charge on any atom is 0.159 e. The summed E-state index contributed by atoms with van der Waals surface area (Å²) in [6, 6.07) is 0. The van der Waals surface area contributed by atoms with E-state index < -0.39 is 0 Å². The Hall–Kier alpha value is -2.30. The SMILES string of the molecule is CC(=CCC/C(C)=C/CN1CN(C)c2ncnc(N)c21)CC[C@@]1(C)C(C)=CCC[C@@H]1C. The summed E-state index contributed by atoms with van der Waals surface area (Å²) in [6.45, 7) is 13.4. The lowest BCUT2D eigenvalue weighted by Gasteiger charge is -2.40. The number of fused-ring (bicyclic) bond motifs is 1. The number of hydrogen-bond donors (Lipinski definition) is 1. The molecule has 1 aliphatic carbocycles. The van der Waals surface area contributed by atoms with Crippen molar-refractivity contribution in [1.29, 1.82) is 0 Å². The van der Waals surface area contributed by atoms with E-state index in [0.29, 0.717) is 11.2 Å². The molecule has 0 aromatic carbocycles. The summed E-state index contributed by atoms with van der Waals surface area (Å²) < 4.78 is 0. The van der Waals surface area contributed by atoms with Crippen molar-refractivity contribution in [2.24, 2.45) is 11.3 Å². The molecule has 2 aliphatic rings. The van der Waals surface area contributed by atoms with Gasteiger partial charge in [0.05, 0.1) is 6.67 Å². The molecule has 1 aromatic rings. The largest absolute Gasteiger partial charge is 0.382 e. The van der Waals surface area contributed by atoms with Gasteiger partial charge in [-0.15, -0.1) is 0 Å². The Morgan fingerprint density at radius 1 is 1.23 bits per heavy atom. The molecule has 31 heavy (non-hydrogen) atoms. The fraction of sp³-hybridized carbons (Fsp3) is 0.615. The number of nitrogens with two attached hydrogens (primary N) is 1. The van der Waals surface area contributed by atoms with E-state index in [0.717, 1.165) is 43.5 Å². The molecular weight excluding hydrogens is 382 g/mol. The van der Waals surface area contributed by atoms with Crippen LogP contribution in [0, 0.1) is 11.3 Å². The van der Waals surface area contributed by atoms with Crippen LogP contribution in [0.1, 0.15) is 73.1 Å². The number of anilines is 3. The summed E-state index contributed by atoms with van der Waals surface area (Å²) in [4.78, 5) is 12.9. The summed E-state index contributed by atoms with van der Waals surface area (Å²) in [5, 5.41) is 0. The molecule has 5 nitrogen and oxygen atoms in total. The molecule has 0 amide bonds. The van der Waals surface area contributed by atoms with Crippen LogP contribution in [0.3, 0.4) is 0 Å². The molecule has 170 valence electrons. The van der Waals surface area contributed by atoms with Crippen molar-refractivity contribution >= 4 is 17.3 Å². The third-order valence-electron chi connectivity index (χ3n) is 7.66. The summed E-state index contributed by atoms with van der Waals surface area (Å²) in [5.41, 5.74) is 12.0. The summed E-state index contributed by atoms with van der Waals surface area (Å²) in [5.74, 6) is 2.26. The second-order valence-electron chi connectivity index (χ2n) is 9.92. The molecule has 2 heterocycles. The van der Waals surface area contributed by atoms with E-state index in [4.69, 9.17) is 5.73 Å². The Morgan fingerprint density at radius 3 is 2.71 bits per heavy atom. The zero-order chi connectivity index (χ0) is 22.6. The molecule has 3 rings (SSSR count). The highest BCUT2D eigenvalue weighted by Gasteiger charge is 2.34. The maximum absolute atomic E-state index is 6.10. The number of rotatable bonds is 8. The lowest BCUT2D eigenvalue weighted by molar-refractivity contribution is 0.211. The van der Waals surface area contributed by atoms with Crippen molar-refractivity contribution in [3.63, 3.8) is 0 Å². The Bertz CT molecular complexity index is 869. The van der Waals surface area contributed by atoms with Crippen LogP contribution >= 0.6 is 0 Å². The van der Waals surface area contributed by atoms with Crippen molar-refractivity contribution in [2.75, 3.05) is 35.8 Å². The van der Waals surface area contributed by atoms with Crippen molar-refractivity contribution in [1.82, 2.24) is 9.97 Å². The second-order valence-corrected chi connectivity index (χ2v) is 9.92. The summed E-state index contributed by atoms with van der Waals surface area (Å²) >= 11 is 0. The highest BCUT2D eigenvalue weighted by Crippen LogP contribution is 2.45. The molecule has 2 atom stereocenters. The van der Waals surface area contributed by atoms with Gasteiger partial charge in [-0.3, -0.25) is 0 Å². The van der Waals surface area contributed by atoms with Gasteiger partial charge in [0, 0.05) is 13.6 Å². The van der Waals surface area contributed by atoms with Crippen LogP contribution in [0.5, 0.6) is 0 Å². The normalized spacial score (nSPS) is 24.5. The van der Waals surface area contributed by atoms with Gasteiger partial charge < -0.3 is 15.5 Å². The molecule has 0 fully saturated rings. The average molecular weight is 424 g/mol. The van der Waals surface area contributed by atoms with Crippen molar-refractivity contribution in [2.45, 2.75) is 73.1 Å². The zero-order valence-electron chi connectivity index (χ0n) is 20.4. The number of aromatic nitrogens is 2. The number of allylic oxidation sites excluding steroid dienone is 5. The van der Waals surface area contributed by atoms with Crippen LogP contribution in [-0.4, -0.2) is 30.2 Å². The van der Waals surface area contributed by atoms with Gasteiger partial charge in [-0.1, -0.05) is 48.8 Å². The molecule has 0 unspecified atom stereocenters. The smallest absolute Gasteiger partial charge is 0.159 e. The van der Waals surface area contributed by atoms with Gasteiger partial charge in [0.15, 0.2) is 11.6 Å². The Morgan fingerprint density at radius 2 is 1.97 bits per heavy atom. The molecule has 1 aliphatic heterocycles. The molecule has 0 saturated heterocycles. The van der Waals surface area contributed by atoms with Crippen LogP contribution in [-0.2, 0) is 0 Å². The first-order valence-corrected chi connectivity index (χ1v) is 11.8. The average Bonchev–Trinajstić information content (AvgIpc) is 3.06. The third kappa shape index (κ3) is 5.31. The van der Waals surface area contributed by atoms with E-state index in [1.807, 2.05) is 7.05 Å². The van der Waals surface area contributed by atoms with Gasteiger partial charge in [-0.25, -0.2) is 9.97 Å². The second kappa shape index (κ2) is 9.88. The molecule has 1 aromatic heterocycles. The standard InChI is InChI=1S/C26H41N5/c1-19(13-15-26(5)21(3)11-8-12-22(26)4)9-7-10-20(2)14-16-31-18-30(6)25-23(31)24(27)28-17-29-25/h9,11,14,17,22H,7-8,10,12-13,15-16,18H2,1-6H3,(H2,27,28,29)/b19-9?,20-14+/t22-,26-/m0/s1. The van der Waals surface area contributed by atoms with Gasteiger partial charge in [-0.2, -0.15) is 0 Å². The van der Waals surface area contributed by atoms with Crippen LogP contribution in [0.4, 0.5) is 17.3 Å². The Balaban J connectivity index is 1.48. The first-order chi connectivity index (χ1) is 14.7. The van der Waals surface area contributed by atoms with E-state index in [1.165, 1.54) is 43.2 Å². The van der Waals surface area contributed by atoms with Gasteiger partial charge in [0.1, 0.15) is 12.0 Å². The summed E-state index contributed by atoms with van der Waals surface area (Å²) in [7, 11) is 2.04. The molecular formula is C26H41N5. The highest BCUT2D eigenvalue weighted by atomic mass is 15.4. The monoisotopic (exact) mass is 423 g/mol. The van der Waals surface area contributed by atoms with E-state index >= 15 is 0 Å². The molecule has 0 bridgehead atoms. The molecule has 0 spiro atoms. The number of hydrogen-bond acceptors (Lipinski definition) is 5. The van der Waals surface area contributed by atoms with E-state index in [-0.39, 0.29) is 0 Å². The minimum atomic E-state index is 0.369. The first-order valence-electron chi connectivity index (χ1n) is 11.8. The minimum absolute atomic E-state index is 0.369. The molecule has 5 heteroatoms. The fourth-order valence-corrected chi connectivity index (χ4v) is 4.92.